The highest BCUT2D eigenvalue weighted by Gasteiger charge is 2.26. The minimum atomic E-state index is -1.07. The molecule has 4 atom stereocenters. The van der Waals surface area contributed by atoms with Gasteiger partial charge in [0.05, 0.1) is 5.41 Å². The molecule has 0 aliphatic carbocycles. The first-order chi connectivity index (χ1) is 17.7. The molecule has 1 rings (SSSR count). The van der Waals surface area contributed by atoms with E-state index in [0.717, 1.165) is 0 Å². The first kappa shape index (κ1) is 32.7. The summed E-state index contributed by atoms with van der Waals surface area (Å²) in [4.78, 5) is 48.7. The van der Waals surface area contributed by atoms with Crippen molar-refractivity contribution in [3.05, 3.63) is 23.8 Å². The van der Waals surface area contributed by atoms with Crippen molar-refractivity contribution in [1.82, 2.24) is 0 Å². The molecule has 0 aliphatic rings. The van der Waals surface area contributed by atoms with Crippen LogP contribution in [0.4, 0.5) is 9.59 Å². The van der Waals surface area contributed by atoms with E-state index in [1.807, 2.05) is 13.8 Å². The van der Waals surface area contributed by atoms with Crippen molar-refractivity contribution in [2.75, 3.05) is 6.61 Å². The second kappa shape index (κ2) is 15.2. The van der Waals surface area contributed by atoms with Gasteiger partial charge >= 0.3 is 24.2 Å². The number of nitrogens with two attached hydrogens (primary N) is 1. The smallest absolute Gasteiger partial charge is 0.461 e. The van der Waals surface area contributed by atoms with E-state index in [9.17, 15) is 19.2 Å². The van der Waals surface area contributed by atoms with Gasteiger partial charge in [0.25, 0.3) is 0 Å². The van der Waals surface area contributed by atoms with Crippen LogP contribution >= 0.6 is 0 Å². The predicted octanol–water partition coefficient (Wildman–Crippen LogP) is 4.71. The Bertz CT molecular complexity index is 956. The van der Waals surface area contributed by atoms with Gasteiger partial charge in [-0.2, -0.15) is 0 Å². The Hall–Kier alpha value is -3.34. The number of carbonyl (C=O) groups excluding carboxylic acids is 4. The summed E-state index contributed by atoms with van der Waals surface area (Å²) in [5.41, 5.74) is 5.84. The summed E-state index contributed by atoms with van der Waals surface area (Å²) >= 11 is 0. The van der Waals surface area contributed by atoms with Gasteiger partial charge in [-0.15, -0.1) is 0 Å². The second-order valence-corrected chi connectivity index (χ2v) is 10.1. The lowest BCUT2D eigenvalue weighted by Crippen LogP contribution is -2.37. The first-order valence-electron chi connectivity index (χ1n) is 12.7. The van der Waals surface area contributed by atoms with Crippen LogP contribution in [0.1, 0.15) is 73.8 Å². The Morgan fingerprint density at radius 1 is 0.816 bits per heavy atom. The van der Waals surface area contributed by atoms with Gasteiger partial charge < -0.3 is 34.2 Å². The van der Waals surface area contributed by atoms with E-state index < -0.39 is 47.9 Å². The molecular weight excluding hydrogens is 498 g/mol. The number of benzene rings is 1. The van der Waals surface area contributed by atoms with Crippen LogP contribution in [0, 0.1) is 5.41 Å². The number of ether oxygens (including phenoxy) is 6. The standard InChI is InChI=1S/C27H41NO10/c1-9-16(3)35-25(31)37-21-12-11-19(14-22(21)38-26(32)36-17(4)10-2)13-20(28)23(29)34-18(5)15-33-24(30)27(6,7)8/h11-12,14,16-18,20H,9-10,13,15,28H2,1-8H3/t16?,17?,18-,20-/m0/s1. The lowest BCUT2D eigenvalue weighted by molar-refractivity contribution is -0.163. The van der Waals surface area contributed by atoms with E-state index in [1.165, 1.54) is 12.1 Å². The minimum absolute atomic E-state index is 0.0156. The molecule has 0 saturated heterocycles. The van der Waals surface area contributed by atoms with E-state index in [2.05, 4.69) is 0 Å². The lowest BCUT2D eigenvalue weighted by Gasteiger charge is -2.20. The van der Waals surface area contributed by atoms with Gasteiger partial charge in [0.1, 0.15) is 31.0 Å². The third kappa shape index (κ3) is 11.8. The molecule has 2 N–H and O–H groups in total. The number of hydrogen-bond acceptors (Lipinski definition) is 11. The van der Waals surface area contributed by atoms with Crippen molar-refractivity contribution in [2.24, 2.45) is 11.1 Å². The highest BCUT2D eigenvalue weighted by Crippen LogP contribution is 2.30. The zero-order chi connectivity index (χ0) is 29.0. The van der Waals surface area contributed by atoms with Gasteiger partial charge in [-0.1, -0.05) is 19.9 Å². The van der Waals surface area contributed by atoms with E-state index in [4.69, 9.17) is 34.2 Å². The van der Waals surface area contributed by atoms with Gasteiger partial charge in [-0.25, -0.2) is 9.59 Å². The molecule has 0 fully saturated rings. The summed E-state index contributed by atoms with van der Waals surface area (Å²) in [7, 11) is 0. The molecule has 0 saturated carbocycles. The van der Waals surface area contributed by atoms with E-state index in [-0.39, 0.29) is 30.6 Å². The molecule has 0 radical (unpaired) electrons. The molecular formula is C27H41NO10. The van der Waals surface area contributed by atoms with E-state index in [0.29, 0.717) is 18.4 Å². The summed E-state index contributed by atoms with van der Waals surface area (Å²) in [6.07, 6.45) is -2.24. The predicted molar refractivity (Wildman–Crippen MR) is 138 cm³/mol. The van der Waals surface area contributed by atoms with Crippen LogP contribution in [-0.2, 0) is 35.0 Å². The van der Waals surface area contributed by atoms with Crippen molar-refractivity contribution in [2.45, 2.75) is 99.0 Å². The largest absolute Gasteiger partial charge is 0.514 e. The maximum absolute atomic E-state index is 12.5. The Balaban J connectivity index is 2.93. The molecule has 2 unspecified atom stereocenters. The molecule has 0 heterocycles. The Kier molecular flexibility index (Phi) is 13.0. The topological polar surface area (TPSA) is 150 Å². The molecule has 0 spiro atoms. The maximum Gasteiger partial charge on any atom is 0.514 e. The van der Waals surface area contributed by atoms with Crippen molar-refractivity contribution in [1.29, 1.82) is 0 Å². The highest BCUT2D eigenvalue weighted by molar-refractivity contribution is 5.77. The van der Waals surface area contributed by atoms with Gasteiger partial charge in [-0.3, -0.25) is 9.59 Å². The Morgan fingerprint density at radius 2 is 1.34 bits per heavy atom. The Morgan fingerprint density at radius 3 is 1.84 bits per heavy atom. The normalized spacial score (nSPS) is 14.3. The van der Waals surface area contributed by atoms with E-state index in [1.54, 1.807) is 47.6 Å². The van der Waals surface area contributed by atoms with Crippen LogP contribution < -0.4 is 15.2 Å². The SMILES string of the molecule is CCC(C)OC(=O)Oc1ccc(C[C@H](N)C(=O)O[C@@H](C)COC(=O)C(C)(C)C)cc1OC(=O)OC(C)CC. The monoisotopic (exact) mass is 539 g/mol. The summed E-state index contributed by atoms with van der Waals surface area (Å²) in [6.45, 7) is 13.7. The molecule has 0 aliphatic heterocycles. The zero-order valence-corrected chi connectivity index (χ0v) is 23.5. The van der Waals surface area contributed by atoms with Crippen molar-refractivity contribution < 1.29 is 47.6 Å². The third-order valence-corrected chi connectivity index (χ3v) is 5.28. The van der Waals surface area contributed by atoms with Crippen LogP contribution in [0.25, 0.3) is 0 Å². The van der Waals surface area contributed by atoms with Gasteiger partial charge in [-0.05, 0) is 78.5 Å². The molecule has 38 heavy (non-hydrogen) atoms. The third-order valence-electron chi connectivity index (χ3n) is 5.28. The zero-order valence-electron chi connectivity index (χ0n) is 23.5. The molecule has 11 nitrogen and oxygen atoms in total. The number of carbonyl (C=O) groups is 4. The quantitative estimate of drug-likeness (QED) is 0.223. The Labute approximate surface area is 224 Å². The van der Waals surface area contributed by atoms with Gasteiger partial charge in [0, 0.05) is 0 Å². The van der Waals surface area contributed by atoms with Crippen molar-refractivity contribution in [3.8, 4) is 11.5 Å². The summed E-state index contributed by atoms with van der Waals surface area (Å²) < 4.78 is 31.2. The summed E-state index contributed by atoms with van der Waals surface area (Å²) in [5.74, 6) is -1.31. The maximum atomic E-state index is 12.5. The fraction of sp³-hybridized carbons (Fsp3) is 0.630. The fourth-order valence-electron chi connectivity index (χ4n) is 2.63. The van der Waals surface area contributed by atoms with E-state index >= 15 is 0 Å². The molecule has 214 valence electrons. The fourth-order valence-corrected chi connectivity index (χ4v) is 2.63. The minimum Gasteiger partial charge on any atom is -0.461 e. The molecule has 0 aromatic heterocycles. The van der Waals surface area contributed by atoms with Crippen LogP contribution in [0.5, 0.6) is 11.5 Å². The summed E-state index contributed by atoms with van der Waals surface area (Å²) in [6, 6.07) is 3.29. The number of rotatable bonds is 12. The molecule has 0 bridgehead atoms. The molecule has 1 aromatic rings. The van der Waals surface area contributed by atoms with Crippen LogP contribution in [0.2, 0.25) is 0 Å². The highest BCUT2D eigenvalue weighted by atomic mass is 16.7. The van der Waals surface area contributed by atoms with Crippen LogP contribution in [0.15, 0.2) is 18.2 Å². The first-order valence-corrected chi connectivity index (χ1v) is 12.7. The van der Waals surface area contributed by atoms with Crippen molar-refractivity contribution in [3.63, 3.8) is 0 Å². The average Bonchev–Trinajstić information content (AvgIpc) is 2.82. The van der Waals surface area contributed by atoms with Gasteiger partial charge in [0.2, 0.25) is 0 Å². The average molecular weight is 540 g/mol. The number of hydrogen-bond donors (Lipinski definition) is 1. The van der Waals surface area contributed by atoms with Gasteiger partial charge in [0.15, 0.2) is 11.5 Å². The van der Waals surface area contributed by atoms with Crippen LogP contribution in [0.3, 0.4) is 0 Å². The molecule has 11 heteroatoms. The van der Waals surface area contributed by atoms with Crippen molar-refractivity contribution >= 4 is 24.2 Å². The second-order valence-electron chi connectivity index (χ2n) is 10.1. The molecule has 1 aromatic carbocycles. The summed E-state index contributed by atoms with van der Waals surface area (Å²) in [5, 5.41) is 0. The lowest BCUT2D eigenvalue weighted by atomic mass is 9.97. The number of esters is 2. The van der Waals surface area contributed by atoms with Crippen LogP contribution in [-0.4, -0.2) is 55.2 Å². The molecule has 0 amide bonds.